The molecule has 0 unspecified atom stereocenters. The van der Waals surface area contributed by atoms with E-state index in [1.807, 2.05) is 30.3 Å². The first-order valence-electron chi connectivity index (χ1n) is 9.66. The molecular weight excluding hydrogens is 384 g/mol. The third-order valence-corrected chi connectivity index (χ3v) is 4.92. The highest BCUT2D eigenvalue weighted by Crippen LogP contribution is 2.24. The van der Waals surface area contributed by atoms with Crippen molar-refractivity contribution < 1.29 is 19.1 Å². The van der Waals surface area contributed by atoms with E-state index in [9.17, 15) is 9.59 Å². The molecule has 0 aromatic heterocycles. The lowest BCUT2D eigenvalue weighted by Gasteiger charge is -2.35. The van der Waals surface area contributed by atoms with Gasteiger partial charge in [-0.2, -0.15) is 5.26 Å². The van der Waals surface area contributed by atoms with Gasteiger partial charge < -0.3 is 20.1 Å². The number of para-hydroxylation sites is 1. The van der Waals surface area contributed by atoms with Crippen LogP contribution in [0.15, 0.2) is 48.5 Å². The van der Waals surface area contributed by atoms with Gasteiger partial charge in [0.2, 0.25) is 0 Å². The number of anilines is 1. The van der Waals surface area contributed by atoms with E-state index >= 15 is 0 Å². The number of nitriles is 1. The second-order valence-electron chi connectivity index (χ2n) is 6.76. The van der Waals surface area contributed by atoms with Crippen molar-refractivity contribution in [2.24, 2.45) is 0 Å². The average molecular weight is 408 g/mol. The quantitative estimate of drug-likeness (QED) is 0.705. The Morgan fingerprint density at radius 3 is 2.67 bits per heavy atom. The van der Waals surface area contributed by atoms with Crippen molar-refractivity contribution in [1.29, 1.82) is 5.26 Å². The van der Waals surface area contributed by atoms with Crippen LogP contribution in [0.3, 0.4) is 0 Å². The molecule has 2 aromatic rings. The van der Waals surface area contributed by atoms with Crippen LogP contribution >= 0.6 is 0 Å². The van der Waals surface area contributed by atoms with Gasteiger partial charge in [0.25, 0.3) is 0 Å². The zero-order valence-electron chi connectivity index (χ0n) is 16.8. The highest BCUT2D eigenvalue weighted by molar-refractivity contribution is 6.39. The van der Waals surface area contributed by atoms with E-state index in [0.29, 0.717) is 24.5 Å². The summed E-state index contributed by atoms with van der Waals surface area (Å²) in [7, 11) is 1.61. The molecule has 1 fully saturated rings. The third-order valence-electron chi connectivity index (χ3n) is 4.92. The topological polar surface area (TPSA) is 104 Å². The maximum atomic E-state index is 12.4. The van der Waals surface area contributed by atoms with E-state index in [-0.39, 0.29) is 12.6 Å². The number of amides is 2. The maximum Gasteiger partial charge on any atom is 0.313 e. The second kappa shape index (κ2) is 10.4. The van der Waals surface area contributed by atoms with Crippen LogP contribution in [0, 0.1) is 11.3 Å². The molecule has 1 heterocycles. The highest BCUT2D eigenvalue weighted by atomic mass is 16.5. The first kappa shape index (κ1) is 21.3. The number of hydrogen-bond acceptors (Lipinski definition) is 6. The van der Waals surface area contributed by atoms with Crippen molar-refractivity contribution in [3.05, 3.63) is 59.7 Å². The predicted molar refractivity (Wildman–Crippen MR) is 111 cm³/mol. The zero-order chi connectivity index (χ0) is 21.3. The molecule has 3 rings (SSSR count). The molecule has 1 atom stereocenters. The second-order valence-corrected chi connectivity index (χ2v) is 6.76. The predicted octanol–water partition coefficient (Wildman–Crippen LogP) is 1.70. The van der Waals surface area contributed by atoms with Crippen LogP contribution < -0.4 is 15.4 Å². The number of rotatable bonds is 6. The van der Waals surface area contributed by atoms with Crippen LogP contribution in [0.5, 0.6) is 5.75 Å². The number of methoxy groups -OCH3 is 1. The Bertz CT molecular complexity index is 935. The van der Waals surface area contributed by atoms with Crippen LogP contribution in [0.1, 0.15) is 17.2 Å². The van der Waals surface area contributed by atoms with Crippen LogP contribution in [0.2, 0.25) is 0 Å². The van der Waals surface area contributed by atoms with Crippen LogP contribution in [0.25, 0.3) is 0 Å². The average Bonchev–Trinajstić information content (AvgIpc) is 2.80. The summed E-state index contributed by atoms with van der Waals surface area (Å²) in [6.45, 7) is 2.91. The number of nitrogens with one attached hydrogen (secondary N) is 2. The first-order valence-corrected chi connectivity index (χ1v) is 9.66. The minimum absolute atomic E-state index is 0.132. The summed E-state index contributed by atoms with van der Waals surface area (Å²) in [5.41, 5.74) is 1.57. The number of carbonyl (C=O) groups is 2. The number of carbonyl (C=O) groups excluding carboxylic acids is 2. The number of ether oxygens (including phenoxy) is 2. The summed E-state index contributed by atoms with van der Waals surface area (Å²) in [6, 6.07) is 16.0. The Labute approximate surface area is 175 Å². The van der Waals surface area contributed by atoms with Gasteiger partial charge in [-0.1, -0.05) is 24.3 Å². The number of benzene rings is 2. The van der Waals surface area contributed by atoms with E-state index in [1.165, 1.54) is 0 Å². The molecule has 1 aliphatic heterocycles. The van der Waals surface area contributed by atoms with Gasteiger partial charge in [0.15, 0.2) is 0 Å². The minimum atomic E-state index is -0.816. The molecule has 0 radical (unpaired) electrons. The summed E-state index contributed by atoms with van der Waals surface area (Å²) in [6.07, 6.45) is 0. The molecule has 2 N–H and O–H groups in total. The molecule has 0 spiro atoms. The Balaban J connectivity index is 1.69. The highest BCUT2D eigenvalue weighted by Gasteiger charge is 2.25. The summed E-state index contributed by atoms with van der Waals surface area (Å²) < 4.78 is 10.8. The Kier molecular flexibility index (Phi) is 7.38. The van der Waals surface area contributed by atoms with Gasteiger partial charge in [-0.3, -0.25) is 14.5 Å². The smallest absolute Gasteiger partial charge is 0.313 e. The van der Waals surface area contributed by atoms with Gasteiger partial charge >= 0.3 is 11.8 Å². The van der Waals surface area contributed by atoms with E-state index in [2.05, 4.69) is 15.5 Å². The molecule has 0 aliphatic carbocycles. The molecule has 0 bridgehead atoms. The van der Waals surface area contributed by atoms with Crippen molar-refractivity contribution >= 4 is 17.5 Å². The van der Waals surface area contributed by atoms with E-state index in [4.69, 9.17) is 14.7 Å². The summed E-state index contributed by atoms with van der Waals surface area (Å²) >= 11 is 0. The summed E-state index contributed by atoms with van der Waals surface area (Å²) in [5.74, 6) is -0.851. The molecule has 8 nitrogen and oxygen atoms in total. The van der Waals surface area contributed by atoms with Crippen molar-refractivity contribution in [3.63, 3.8) is 0 Å². The molecule has 1 saturated heterocycles. The standard InChI is InChI=1S/C22H24N4O4/c1-29-18-7-4-6-16(13-18)20(26-9-11-30-12-10-26)15-24-21(27)22(28)25-19-8-3-2-5-17(19)14-23/h2-8,13,20H,9-12,15H2,1H3,(H,24,27)(H,25,28)/t20-/m0/s1. The molecule has 8 heteroatoms. The zero-order valence-corrected chi connectivity index (χ0v) is 16.8. The number of nitrogens with zero attached hydrogens (tertiary/aromatic N) is 2. The molecule has 1 aliphatic rings. The fourth-order valence-electron chi connectivity index (χ4n) is 3.33. The van der Waals surface area contributed by atoms with E-state index < -0.39 is 11.8 Å². The summed E-state index contributed by atoms with van der Waals surface area (Å²) in [5, 5.41) is 14.3. The maximum absolute atomic E-state index is 12.4. The minimum Gasteiger partial charge on any atom is -0.497 e. The molecule has 2 aromatic carbocycles. The van der Waals surface area contributed by atoms with Crippen molar-refractivity contribution in [2.45, 2.75) is 6.04 Å². The lowest BCUT2D eigenvalue weighted by Crippen LogP contribution is -2.45. The van der Waals surface area contributed by atoms with Crippen LogP contribution in [-0.2, 0) is 14.3 Å². The monoisotopic (exact) mass is 408 g/mol. The van der Waals surface area contributed by atoms with Crippen molar-refractivity contribution in [2.75, 3.05) is 45.3 Å². The fraction of sp³-hybridized carbons (Fsp3) is 0.318. The number of morpholine rings is 1. The van der Waals surface area contributed by atoms with Gasteiger partial charge in [0.1, 0.15) is 11.8 Å². The lowest BCUT2D eigenvalue weighted by molar-refractivity contribution is -0.136. The van der Waals surface area contributed by atoms with Crippen LogP contribution in [0.4, 0.5) is 5.69 Å². The SMILES string of the molecule is COc1cccc([C@H](CNC(=O)C(=O)Nc2ccccc2C#N)N2CCOCC2)c1. The molecular formula is C22H24N4O4. The van der Waals surface area contributed by atoms with Crippen LogP contribution in [-0.4, -0.2) is 56.7 Å². The normalized spacial score (nSPS) is 14.9. The van der Waals surface area contributed by atoms with Gasteiger partial charge in [-0.15, -0.1) is 0 Å². The fourth-order valence-corrected chi connectivity index (χ4v) is 3.33. The van der Waals surface area contributed by atoms with Crippen molar-refractivity contribution in [1.82, 2.24) is 10.2 Å². The first-order chi connectivity index (χ1) is 14.6. The Morgan fingerprint density at radius 2 is 1.93 bits per heavy atom. The van der Waals surface area contributed by atoms with Gasteiger partial charge in [-0.25, -0.2) is 0 Å². The molecule has 2 amide bonds. The Morgan fingerprint density at radius 1 is 1.17 bits per heavy atom. The summed E-state index contributed by atoms with van der Waals surface area (Å²) in [4.78, 5) is 26.9. The van der Waals surface area contributed by atoms with E-state index in [0.717, 1.165) is 24.4 Å². The third kappa shape index (κ3) is 5.35. The molecule has 30 heavy (non-hydrogen) atoms. The van der Waals surface area contributed by atoms with Gasteiger partial charge in [0.05, 0.1) is 37.6 Å². The van der Waals surface area contributed by atoms with Gasteiger partial charge in [-0.05, 0) is 29.8 Å². The van der Waals surface area contributed by atoms with Gasteiger partial charge in [0, 0.05) is 19.6 Å². The largest absolute Gasteiger partial charge is 0.497 e. The molecule has 156 valence electrons. The Hall–Kier alpha value is -3.41. The lowest BCUT2D eigenvalue weighted by atomic mass is 10.0. The van der Waals surface area contributed by atoms with Crippen molar-refractivity contribution in [3.8, 4) is 11.8 Å². The number of hydrogen-bond donors (Lipinski definition) is 2. The van der Waals surface area contributed by atoms with E-state index in [1.54, 1.807) is 31.4 Å². The molecule has 0 saturated carbocycles.